The largest absolute Gasteiger partial charge is 0.355 e. The van der Waals surface area contributed by atoms with E-state index in [2.05, 4.69) is 67.6 Å². The Kier molecular flexibility index (Phi) is 6.90. The summed E-state index contributed by atoms with van der Waals surface area (Å²) in [5.41, 5.74) is 2.82. The lowest BCUT2D eigenvalue weighted by atomic mass is 9.96. The Morgan fingerprint density at radius 2 is 2.20 bits per heavy atom. The number of halogens is 2. The molecule has 1 aromatic heterocycles. The molecule has 3 rings (SSSR count). The third-order valence-electron chi connectivity index (χ3n) is 4.63. The van der Waals surface area contributed by atoms with Crippen molar-refractivity contribution >= 4 is 45.9 Å². The van der Waals surface area contributed by atoms with Gasteiger partial charge in [0.2, 0.25) is 0 Å². The van der Waals surface area contributed by atoms with Crippen molar-refractivity contribution in [2.75, 3.05) is 20.6 Å². The summed E-state index contributed by atoms with van der Waals surface area (Å²) in [4.78, 5) is 6.56. The van der Waals surface area contributed by atoms with Crippen LogP contribution in [0.25, 0.3) is 0 Å². The predicted octanol–water partition coefficient (Wildman–Crippen LogP) is 3.54. The number of aryl methyl sites for hydroxylation is 1. The monoisotopic (exact) mass is 517 g/mol. The van der Waals surface area contributed by atoms with Gasteiger partial charge in [-0.2, -0.15) is 5.10 Å². The van der Waals surface area contributed by atoms with Crippen molar-refractivity contribution in [3.05, 3.63) is 52.3 Å². The fourth-order valence-electron chi connectivity index (χ4n) is 3.07. The molecule has 25 heavy (non-hydrogen) atoms. The van der Waals surface area contributed by atoms with Gasteiger partial charge in [-0.3, -0.25) is 9.67 Å². The van der Waals surface area contributed by atoms with E-state index >= 15 is 0 Å². The first-order valence-electron chi connectivity index (χ1n) is 8.18. The minimum atomic E-state index is 0. The lowest BCUT2D eigenvalue weighted by Gasteiger charge is -2.24. The molecule has 1 aliphatic rings. The molecule has 1 heterocycles. The Balaban J connectivity index is 0.00000225. The number of nitrogens with one attached hydrogen (secondary N) is 1. The van der Waals surface area contributed by atoms with Crippen LogP contribution in [0, 0.1) is 0 Å². The van der Waals surface area contributed by atoms with E-state index in [0.717, 1.165) is 23.5 Å². The number of rotatable bonds is 5. The van der Waals surface area contributed by atoms with E-state index in [1.807, 2.05) is 31.2 Å². The average Bonchev–Trinajstić information content (AvgIpc) is 3.24. The van der Waals surface area contributed by atoms with E-state index in [-0.39, 0.29) is 29.4 Å². The zero-order valence-corrected chi connectivity index (χ0v) is 18.8. The van der Waals surface area contributed by atoms with Crippen LogP contribution < -0.4 is 5.32 Å². The molecule has 1 saturated carbocycles. The van der Waals surface area contributed by atoms with Gasteiger partial charge < -0.3 is 10.2 Å². The Morgan fingerprint density at radius 1 is 1.44 bits per heavy atom. The zero-order valence-electron chi connectivity index (χ0n) is 14.9. The molecule has 1 aliphatic carbocycles. The summed E-state index contributed by atoms with van der Waals surface area (Å²) in [6.07, 6.45) is 6.38. The van der Waals surface area contributed by atoms with Crippen LogP contribution in [0.15, 0.2) is 46.1 Å². The van der Waals surface area contributed by atoms with Gasteiger partial charge in [0.1, 0.15) is 0 Å². The lowest BCUT2D eigenvalue weighted by Crippen LogP contribution is -2.42. The molecule has 0 saturated heterocycles. The van der Waals surface area contributed by atoms with E-state index in [9.17, 15) is 0 Å². The molecule has 0 radical (unpaired) electrons. The summed E-state index contributed by atoms with van der Waals surface area (Å²) in [5, 5.41) is 7.77. The van der Waals surface area contributed by atoms with Crippen LogP contribution in [-0.4, -0.2) is 41.3 Å². The van der Waals surface area contributed by atoms with Crippen LogP contribution in [0.5, 0.6) is 0 Å². The third-order valence-corrected chi connectivity index (χ3v) is 5.12. The first-order valence-corrected chi connectivity index (χ1v) is 8.97. The highest BCUT2D eigenvalue weighted by Gasteiger charge is 2.44. The van der Waals surface area contributed by atoms with Crippen molar-refractivity contribution < 1.29 is 0 Å². The summed E-state index contributed by atoms with van der Waals surface area (Å²) in [5.74, 6) is 0.917. The molecule has 1 N–H and O–H groups in total. The molecular weight excluding hydrogens is 493 g/mol. The van der Waals surface area contributed by atoms with Gasteiger partial charge in [-0.15, -0.1) is 24.0 Å². The van der Waals surface area contributed by atoms with Crippen LogP contribution >= 0.6 is 39.9 Å². The van der Waals surface area contributed by atoms with Crippen LogP contribution in [0.1, 0.15) is 24.0 Å². The Morgan fingerprint density at radius 3 is 2.76 bits per heavy atom. The summed E-state index contributed by atoms with van der Waals surface area (Å²) < 4.78 is 2.97. The summed E-state index contributed by atoms with van der Waals surface area (Å²) in [6.45, 7) is 1.70. The topological polar surface area (TPSA) is 45.5 Å². The number of hydrogen-bond donors (Lipinski definition) is 1. The number of hydrogen-bond acceptors (Lipinski definition) is 2. The van der Waals surface area contributed by atoms with Crippen LogP contribution in [0.2, 0.25) is 0 Å². The smallest absolute Gasteiger partial charge is 0.193 e. The summed E-state index contributed by atoms with van der Waals surface area (Å²) in [7, 11) is 5.83. The van der Waals surface area contributed by atoms with Gasteiger partial charge in [0.25, 0.3) is 0 Å². The number of nitrogens with zero attached hydrogens (tertiary/aromatic N) is 4. The van der Waals surface area contributed by atoms with Crippen LogP contribution in [-0.2, 0) is 19.0 Å². The van der Waals surface area contributed by atoms with Crippen molar-refractivity contribution in [2.24, 2.45) is 12.0 Å². The number of aliphatic imine (C=N–C) groups is 1. The summed E-state index contributed by atoms with van der Waals surface area (Å²) in [6, 6.07) is 8.65. The Labute approximate surface area is 175 Å². The fraction of sp³-hybridized carbons (Fsp3) is 0.444. The second kappa shape index (κ2) is 8.53. The Hall–Kier alpha value is -1.09. The fourth-order valence-corrected chi connectivity index (χ4v) is 3.47. The molecule has 5 nitrogen and oxygen atoms in total. The van der Waals surface area contributed by atoms with Gasteiger partial charge in [-0.1, -0.05) is 28.1 Å². The molecule has 7 heteroatoms. The quantitative estimate of drug-likeness (QED) is 0.375. The van der Waals surface area contributed by atoms with Gasteiger partial charge in [0.15, 0.2) is 5.96 Å². The third kappa shape index (κ3) is 4.97. The molecule has 1 fully saturated rings. The number of benzene rings is 1. The van der Waals surface area contributed by atoms with Gasteiger partial charge in [-0.25, -0.2) is 0 Å². The molecule has 0 aliphatic heterocycles. The van der Waals surface area contributed by atoms with Crippen molar-refractivity contribution in [1.82, 2.24) is 20.0 Å². The normalized spacial score (nSPS) is 15.4. The van der Waals surface area contributed by atoms with E-state index in [4.69, 9.17) is 0 Å². The lowest BCUT2D eigenvalue weighted by molar-refractivity contribution is 0.470. The van der Waals surface area contributed by atoms with Crippen molar-refractivity contribution in [3.63, 3.8) is 0 Å². The minimum Gasteiger partial charge on any atom is -0.355 e. The van der Waals surface area contributed by atoms with Crippen molar-refractivity contribution in [2.45, 2.75) is 24.8 Å². The standard InChI is InChI=1S/C18H24BrN5.HI/c1-20-17(23(2)11-14-10-22-24(3)12-14)21-13-18(7-8-18)15-5-4-6-16(19)9-15;/h4-6,9-10,12H,7-8,11,13H2,1-3H3,(H,20,21);1H. The Bertz CT molecular complexity index is 739. The minimum absolute atomic E-state index is 0. The SMILES string of the molecule is CN=C(NCC1(c2cccc(Br)c2)CC1)N(C)Cc1cnn(C)c1.I. The second-order valence-corrected chi connectivity index (χ2v) is 7.49. The number of aromatic nitrogens is 2. The van der Waals surface area contributed by atoms with Gasteiger partial charge >= 0.3 is 0 Å². The van der Waals surface area contributed by atoms with Gasteiger partial charge in [0.05, 0.1) is 6.20 Å². The second-order valence-electron chi connectivity index (χ2n) is 6.57. The van der Waals surface area contributed by atoms with Crippen LogP contribution in [0.3, 0.4) is 0 Å². The highest BCUT2D eigenvalue weighted by molar-refractivity contribution is 14.0. The number of guanidine groups is 1. The van der Waals surface area contributed by atoms with Crippen LogP contribution in [0.4, 0.5) is 0 Å². The molecular formula is C18H25BrIN5. The first kappa shape index (κ1) is 20.2. The average molecular weight is 518 g/mol. The van der Waals surface area contributed by atoms with E-state index in [1.54, 1.807) is 0 Å². The molecule has 2 aromatic rings. The van der Waals surface area contributed by atoms with E-state index in [1.165, 1.54) is 24.0 Å². The maximum absolute atomic E-state index is 4.43. The first-order chi connectivity index (χ1) is 11.5. The zero-order chi connectivity index (χ0) is 17.2. The molecule has 136 valence electrons. The van der Waals surface area contributed by atoms with E-state index < -0.39 is 0 Å². The predicted molar refractivity (Wildman–Crippen MR) is 117 cm³/mol. The highest BCUT2D eigenvalue weighted by atomic mass is 127. The molecule has 0 bridgehead atoms. The maximum atomic E-state index is 4.43. The highest BCUT2D eigenvalue weighted by Crippen LogP contribution is 2.48. The van der Waals surface area contributed by atoms with E-state index in [0.29, 0.717) is 0 Å². The van der Waals surface area contributed by atoms with Gasteiger partial charge in [-0.05, 0) is 30.5 Å². The molecule has 0 amide bonds. The maximum Gasteiger partial charge on any atom is 0.193 e. The molecule has 1 aromatic carbocycles. The van der Waals surface area contributed by atoms with Crippen molar-refractivity contribution in [3.8, 4) is 0 Å². The molecule has 0 atom stereocenters. The molecule has 0 spiro atoms. The van der Waals surface area contributed by atoms with Crippen molar-refractivity contribution in [1.29, 1.82) is 0 Å². The summed E-state index contributed by atoms with van der Waals surface area (Å²) >= 11 is 3.58. The molecule has 0 unspecified atom stereocenters. The van der Waals surface area contributed by atoms with Gasteiger partial charge in [0, 0.05) is 55.9 Å².